The quantitative estimate of drug-likeness (QED) is 0.415. The summed E-state index contributed by atoms with van der Waals surface area (Å²) in [5.41, 5.74) is 2.56. The van der Waals surface area contributed by atoms with Crippen LogP contribution in [0.25, 0.3) is 0 Å². The predicted octanol–water partition coefficient (Wildman–Crippen LogP) is 5.42. The van der Waals surface area contributed by atoms with Crippen molar-refractivity contribution >= 4 is 17.6 Å². The highest BCUT2D eigenvalue weighted by molar-refractivity contribution is 6.30. The van der Waals surface area contributed by atoms with Gasteiger partial charge in [-0.15, -0.1) is 0 Å². The van der Waals surface area contributed by atoms with Crippen LogP contribution >= 0.6 is 11.6 Å². The molecule has 0 radical (unpaired) electrons. The highest BCUT2D eigenvalue weighted by Crippen LogP contribution is 2.14. The third kappa shape index (κ3) is 13.3. The van der Waals surface area contributed by atoms with E-state index in [9.17, 15) is 13.2 Å². The lowest BCUT2D eigenvalue weighted by Crippen LogP contribution is -2.27. The highest BCUT2D eigenvalue weighted by Gasteiger charge is 2.38. The van der Waals surface area contributed by atoms with Gasteiger partial charge < -0.3 is 14.6 Å². The van der Waals surface area contributed by atoms with Crippen LogP contribution in [0.15, 0.2) is 54.6 Å². The molecule has 0 fully saturated rings. The number of carboxylic acids is 1. The molecule has 0 saturated carbocycles. The largest absolute Gasteiger partial charge is 0.490 e. The number of aliphatic carboxylic acids is 1. The number of carbonyl (C=O) groups is 1. The summed E-state index contributed by atoms with van der Waals surface area (Å²) in [5, 5.41) is 7.90. The number of rotatable bonds is 12. The van der Waals surface area contributed by atoms with Crippen molar-refractivity contribution in [1.29, 1.82) is 0 Å². The van der Waals surface area contributed by atoms with E-state index in [4.69, 9.17) is 31.0 Å². The molecule has 0 saturated heterocycles. The van der Waals surface area contributed by atoms with Crippen molar-refractivity contribution < 1.29 is 32.5 Å². The monoisotopic (exact) mass is 475 g/mol. The standard InChI is InChI=1S/C21H28ClNO2.C2HF3O2/c1-2-13-24-15-16-25-14-12-23(17-19-6-4-3-5-7-19)18-20-8-10-21(22)11-9-20;3-2(4,5)1(6)7/h3-11H,2,12-18H2,1H3;(H,6,7). The van der Waals surface area contributed by atoms with Crippen LogP contribution in [0.3, 0.4) is 0 Å². The molecule has 0 bridgehead atoms. The zero-order valence-corrected chi connectivity index (χ0v) is 18.7. The Morgan fingerprint density at radius 3 is 1.91 bits per heavy atom. The minimum atomic E-state index is -5.08. The normalized spacial score (nSPS) is 11.2. The van der Waals surface area contributed by atoms with E-state index in [2.05, 4.69) is 48.2 Å². The molecule has 32 heavy (non-hydrogen) atoms. The van der Waals surface area contributed by atoms with Crippen LogP contribution in [-0.4, -0.2) is 55.1 Å². The third-order valence-corrected chi connectivity index (χ3v) is 4.34. The Kier molecular flexibility index (Phi) is 13.6. The number of carboxylic acid groups (broad SMARTS) is 1. The maximum Gasteiger partial charge on any atom is 0.490 e. The van der Waals surface area contributed by atoms with E-state index in [0.29, 0.717) is 19.8 Å². The summed E-state index contributed by atoms with van der Waals surface area (Å²) in [5.74, 6) is -2.76. The number of hydrogen-bond donors (Lipinski definition) is 1. The summed E-state index contributed by atoms with van der Waals surface area (Å²) < 4.78 is 42.9. The topological polar surface area (TPSA) is 59.0 Å². The Hall–Kier alpha value is -2.13. The Morgan fingerprint density at radius 2 is 1.41 bits per heavy atom. The van der Waals surface area contributed by atoms with Crippen LogP contribution < -0.4 is 0 Å². The van der Waals surface area contributed by atoms with E-state index in [1.54, 1.807) is 0 Å². The first-order valence-corrected chi connectivity index (χ1v) is 10.6. The fourth-order valence-electron chi connectivity index (χ4n) is 2.56. The smallest absolute Gasteiger partial charge is 0.475 e. The second-order valence-electron chi connectivity index (χ2n) is 6.85. The van der Waals surface area contributed by atoms with Crippen molar-refractivity contribution in [3.63, 3.8) is 0 Å². The SMILES string of the molecule is CCCOCCOCCN(Cc1ccccc1)Cc1ccc(Cl)cc1.O=C(O)C(F)(F)F. The van der Waals surface area contributed by atoms with Gasteiger partial charge in [-0.25, -0.2) is 4.79 Å². The maximum atomic E-state index is 10.6. The van der Waals surface area contributed by atoms with Crippen LogP contribution in [0.4, 0.5) is 13.2 Å². The van der Waals surface area contributed by atoms with Crippen molar-refractivity contribution in [3.05, 3.63) is 70.7 Å². The fraction of sp³-hybridized carbons (Fsp3) is 0.435. The number of ether oxygens (including phenoxy) is 2. The van der Waals surface area contributed by atoms with Crippen LogP contribution in [0.2, 0.25) is 5.02 Å². The molecule has 1 N–H and O–H groups in total. The maximum absolute atomic E-state index is 10.6. The number of benzene rings is 2. The molecule has 178 valence electrons. The molecule has 2 aromatic carbocycles. The Balaban J connectivity index is 0.000000633. The molecule has 0 aliphatic rings. The van der Waals surface area contributed by atoms with Gasteiger partial charge in [-0.2, -0.15) is 13.2 Å². The molecule has 0 spiro atoms. The summed E-state index contributed by atoms with van der Waals surface area (Å²) in [6.07, 6.45) is -4.04. The van der Waals surface area contributed by atoms with E-state index < -0.39 is 12.1 Å². The van der Waals surface area contributed by atoms with Crippen LogP contribution in [-0.2, 0) is 27.4 Å². The molecule has 5 nitrogen and oxygen atoms in total. The molecule has 0 unspecified atom stereocenters. The van der Waals surface area contributed by atoms with Gasteiger partial charge in [0.15, 0.2) is 0 Å². The predicted molar refractivity (Wildman–Crippen MR) is 118 cm³/mol. The Bertz CT molecular complexity index is 758. The molecule has 2 rings (SSSR count). The molecule has 9 heteroatoms. The third-order valence-electron chi connectivity index (χ3n) is 4.08. The van der Waals surface area contributed by atoms with E-state index in [1.165, 1.54) is 11.1 Å². The van der Waals surface area contributed by atoms with Gasteiger partial charge in [0.2, 0.25) is 0 Å². The number of nitrogens with zero attached hydrogens (tertiary/aromatic N) is 1. The lowest BCUT2D eigenvalue weighted by Gasteiger charge is -2.22. The Morgan fingerprint density at radius 1 is 0.906 bits per heavy atom. The molecule has 0 atom stereocenters. The number of alkyl halides is 3. The number of halogens is 4. The average molecular weight is 476 g/mol. The van der Waals surface area contributed by atoms with Gasteiger partial charge in [-0.05, 0) is 29.7 Å². The zero-order chi connectivity index (χ0) is 23.8. The lowest BCUT2D eigenvalue weighted by atomic mass is 10.1. The van der Waals surface area contributed by atoms with E-state index >= 15 is 0 Å². The van der Waals surface area contributed by atoms with Crippen LogP contribution in [0.5, 0.6) is 0 Å². The molecular formula is C23H29ClF3NO4. The lowest BCUT2D eigenvalue weighted by molar-refractivity contribution is -0.192. The van der Waals surface area contributed by atoms with Gasteiger partial charge in [0.05, 0.1) is 19.8 Å². The van der Waals surface area contributed by atoms with Gasteiger partial charge >= 0.3 is 12.1 Å². The summed E-state index contributed by atoms with van der Waals surface area (Å²) in [4.78, 5) is 11.3. The molecule has 2 aromatic rings. The zero-order valence-electron chi connectivity index (χ0n) is 18.0. The second-order valence-corrected chi connectivity index (χ2v) is 7.29. The highest BCUT2D eigenvalue weighted by atomic mass is 35.5. The fourth-order valence-corrected chi connectivity index (χ4v) is 2.69. The van der Waals surface area contributed by atoms with Gasteiger partial charge in [-0.3, -0.25) is 4.90 Å². The number of hydrogen-bond acceptors (Lipinski definition) is 4. The van der Waals surface area contributed by atoms with E-state index in [1.807, 2.05) is 18.2 Å². The average Bonchev–Trinajstić information content (AvgIpc) is 2.75. The van der Waals surface area contributed by atoms with Gasteiger partial charge in [0.1, 0.15) is 0 Å². The van der Waals surface area contributed by atoms with E-state index in [0.717, 1.165) is 37.7 Å². The first-order chi connectivity index (χ1) is 15.2. The molecule has 0 amide bonds. The van der Waals surface area contributed by atoms with Crippen molar-refractivity contribution in [2.75, 3.05) is 33.0 Å². The van der Waals surface area contributed by atoms with Gasteiger partial charge in [0, 0.05) is 31.3 Å². The van der Waals surface area contributed by atoms with E-state index in [-0.39, 0.29) is 0 Å². The first-order valence-electron chi connectivity index (χ1n) is 10.2. The minimum Gasteiger partial charge on any atom is -0.475 e. The summed E-state index contributed by atoms with van der Waals surface area (Å²) in [6, 6.07) is 18.6. The van der Waals surface area contributed by atoms with Crippen molar-refractivity contribution in [1.82, 2.24) is 4.90 Å². The van der Waals surface area contributed by atoms with Gasteiger partial charge in [-0.1, -0.05) is 61.0 Å². The summed E-state index contributed by atoms with van der Waals surface area (Å²) in [7, 11) is 0. The Labute approximate surface area is 191 Å². The molecular weight excluding hydrogens is 447 g/mol. The molecule has 0 heterocycles. The van der Waals surface area contributed by atoms with Crippen molar-refractivity contribution in [2.45, 2.75) is 32.6 Å². The first kappa shape index (κ1) is 27.9. The van der Waals surface area contributed by atoms with Crippen LogP contribution in [0.1, 0.15) is 24.5 Å². The van der Waals surface area contributed by atoms with Crippen LogP contribution in [0, 0.1) is 0 Å². The molecule has 0 aliphatic carbocycles. The molecule has 0 aliphatic heterocycles. The minimum absolute atomic E-state index is 0.653. The second kappa shape index (κ2) is 15.6. The van der Waals surface area contributed by atoms with Crippen molar-refractivity contribution in [2.24, 2.45) is 0 Å². The molecule has 0 aromatic heterocycles. The van der Waals surface area contributed by atoms with Crippen molar-refractivity contribution in [3.8, 4) is 0 Å². The van der Waals surface area contributed by atoms with Gasteiger partial charge in [0.25, 0.3) is 0 Å². The summed E-state index contributed by atoms with van der Waals surface area (Å²) in [6.45, 7) is 7.60. The summed E-state index contributed by atoms with van der Waals surface area (Å²) >= 11 is 5.99.